The minimum atomic E-state index is -1.05. The Balaban J connectivity index is 3.04. The Morgan fingerprint density at radius 3 is 1.33 bits per heavy atom. The maximum Gasteiger partial charge on any atom is 0.339 e. The molecule has 0 aromatic carbocycles. The van der Waals surface area contributed by atoms with Gasteiger partial charge in [0.1, 0.15) is 0 Å². The predicted molar refractivity (Wildman–Crippen MR) is 106 cm³/mol. The third-order valence-electron chi connectivity index (χ3n) is 4.42. The van der Waals surface area contributed by atoms with Crippen LogP contribution in [-0.4, -0.2) is 17.4 Å². The molecule has 0 aromatic rings. The second-order valence-corrected chi connectivity index (χ2v) is 7.87. The van der Waals surface area contributed by atoms with Gasteiger partial charge in [-0.25, -0.2) is 4.79 Å². The monoisotopic (exact) mass is 380 g/mol. The van der Waals surface area contributed by atoms with Crippen molar-refractivity contribution in [3.8, 4) is 0 Å². The van der Waals surface area contributed by atoms with E-state index in [1.54, 1.807) is 0 Å². The number of hydrogen-bond acceptors (Lipinski definition) is 2. The molecule has 0 N–H and O–H groups in total. The molecule has 0 heterocycles. The van der Waals surface area contributed by atoms with Crippen molar-refractivity contribution < 1.29 is 9.53 Å². The first kappa shape index (κ1) is 24.1. The van der Waals surface area contributed by atoms with Crippen LogP contribution in [0.5, 0.6) is 0 Å². The van der Waals surface area contributed by atoms with Gasteiger partial charge >= 0.3 is 5.97 Å². The number of unbranched alkanes of at least 4 members (excludes halogenated alkanes) is 15. The maximum absolute atomic E-state index is 11.0. The first-order valence-corrected chi connectivity index (χ1v) is 11.0. The molecule has 0 aliphatic carbocycles. The summed E-state index contributed by atoms with van der Waals surface area (Å²) in [6, 6.07) is 0. The van der Waals surface area contributed by atoms with Crippen LogP contribution in [0, 0.1) is 0 Å². The number of carbonyl (C=O) groups is 1. The highest BCUT2D eigenvalue weighted by molar-refractivity contribution is 6.52. The Morgan fingerprint density at radius 1 is 0.667 bits per heavy atom. The summed E-state index contributed by atoms with van der Waals surface area (Å²) in [6.45, 7) is 2.71. The molecular formula is C20H38Cl2O2. The zero-order chi connectivity index (χ0) is 17.9. The number of carbonyl (C=O) groups excluding carboxylic acids is 1. The summed E-state index contributed by atoms with van der Waals surface area (Å²) in [5.41, 5.74) is 0. The number of ether oxygens (including phenoxy) is 1. The van der Waals surface area contributed by atoms with Crippen molar-refractivity contribution in [1.29, 1.82) is 0 Å². The van der Waals surface area contributed by atoms with Crippen LogP contribution < -0.4 is 0 Å². The molecule has 144 valence electrons. The minimum absolute atomic E-state index is 0.438. The third kappa shape index (κ3) is 18.4. The van der Waals surface area contributed by atoms with Gasteiger partial charge in [0.25, 0.3) is 0 Å². The van der Waals surface area contributed by atoms with Crippen molar-refractivity contribution in [2.24, 2.45) is 0 Å². The van der Waals surface area contributed by atoms with Crippen molar-refractivity contribution in [3.63, 3.8) is 0 Å². The van der Waals surface area contributed by atoms with Gasteiger partial charge < -0.3 is 4.74 Å². The highest BCUT2D eigenvalue weighted by Gasteiger charge is 2.11. The van der Waals surface area contributed by atoms with E-state index in [9.17, 15) is 4.79 Å². The predicted octanol–water partition coefficient (Wildman–Crippen LogP) is 7.59. The van der Waals surface area contributed by atoms with E-state index in [-0.39, 0.29) is 0 Å². The van der Waals surface area contributed by atoms with Crippen LogP contribution in [0.2, 0.25) is 0 Å². The summed E-state index contributed by atoms with van der Waals surface area (Å²) in [5, 5.41) is 0. The lowest BCUT2D eigenvalue weighted by Gasteiger charge is -2.05. The maximum atomic E-state index is 11.0. The molecule has 0 radical (unpaired) electrons. The fourth-order valence-corrected chi connectivity index (χ4v) is 3.01. The molecule has 0 amide bonds. The molecule has 0 aliphatic rings. The van der Waals surface area contributed by atoms with Crippen molar-refractivity contribution in [1.82, 2.24) is 0 Å². The van der Waals surface area contributed by atoms with E-state index >= 15 is 0 Å². The summed E-state index contributed by atoms with van der Waals surface area (Å²) in [5.74, 6) is -0.528. The van der Waals surface area contributed by atoms with Gasteiger partial charge in [0.15, 0.2) is 0 Å². The zero-order valence-corrected chi connectivity index (χ0v) is 17.2. The minimum Gasteiger partial charge on any atom is -0.464 e. The van der Waals surface area contributed by atoms with E-state index in [1.807, 2.05) is 0 Å². The van der Waals surface area contributed by atoms with E-state index in [4.69, 9.17) is 27.9 Å². The molecule has 0 unspecified atom stereocenters. The average molecular weight is 381 g/mol. The van der Waals surface area contributed by atoms with Gasteiger partial charge in [-0.05, 0) is 6.42 Å². The molecule has 0 aromatic heterocycles. The molecule has 0 saturated carbocycles. The highest BCUT2D eigenvalue weighted by atomic mass is 35.5. The number of halogens is 2. The highest BCUT2D eigenvalue weighted by Crippen LogP contribution is 2.13. The SMILES string of the molecule is CCCCCCCCCCCCCCCCCCOC(=O)C(Cl)Cl. The van der Waals surface area contributed by atoms with Gasteiger partial charge in [-0.2, -0.15) is 0 Å². The normalized spacial score (nSPS) is 11.2. The molecule has 0 rings (SSSR count). The fourth-order valence-electron chi connectivity index (χ4n) is 2.89. The Kier molecular flexibility index (Phi) is 19.4. The van der Waals surface area contributed by atoms with Gasteiger partial charge in [0.2, 0.25) is 4.84 Å². The molecule has 0 atom stereocenters. The van der Waals surface area contributed by atoms with Crippen LogP contribution in [0.15, 0.2) is 0 Å². The zero-order valence-electron chi connectivity index (χ0n) is 15.7. The first-order chi connectivity index (χ1) is 11.7. The van der Waals surface area contributed by atoms with Crippen LogP contribution in [-0.2, 0) is 9.53 Å². The van der Waals surface area contributed by atoms with Crippen molar-refractivity contribution in [3.05, 3.63) is 0 Å². The lowest BCUT2D eigenvalue weighted by molar-refractivity contribution is -0.141. The van der Waals surface area contributed by atoms with Gasteiger partial charge in [-0.15, -0.1) is 0 Å². The van der Waals surface area contributed by atoms with Crippen LogP contribution in [0.3, 0.4) is 0 Å². The first-order valence-electron chi connectivity index (χ1n) is 10.1. The summed E-state index contributed by atoms with van der Waals surface area (Å²) < 4.78 is 4.92. The Morgan fingerprint density at radius 2 is 1.00 bits per heavy atom. The third-order valence-corrected chi connectivity index (χ3v) is 4.78. The largest absolute Gasteiger partial charge is 0.464 e. The van der Waals surface area contributed by atoms with Crippen LogP contribution in [0.25, 0.3) is 0 Å². The average Bonchev–Trinajstić information content (AvgIpc) is 2.57. The molecule has 4 heteroatoms. The quantitative estimate of drug-likeness (QED) is 0.139. The lowest BCUT2D eigenvalue weighted by atomic mass is 10.0. The summed E-state index contributed by atoms with van der Waals surface area (Å²) in [4.78, 5) is 9.97. The molecule has 2 nitrogen and oxygen atoms in total. The summed E-state index contributed by atoms with van der Waals surface area (Å²) in [7, 11) is 0. The molecule has 0 bridgehead atoms. The number of esters is 1. The molecule has 0 spiro atoms. The van der Waals surface area contributed by atoms with Gasteiger partial charge in [0, 0.05) is 0 Å². The lowest BCUT2D eigenvalue weighted by Crippen LogP contribution is -2.12. The van der Waals surface area contributed by atoms with Crippen LogP contribution >= 0.6 is 23.2 Å². The van der Waals surface area contributed by atoms with E-state index in [0.717, 1.165) is 12.8 Å². The number of alkyl halides is 2. The van der Waals surface area contributed by atoms with E-state index in [1.165, 1.54) is 89.9 Å². The molecule has 24 heavy (non-hydrogen) atoms. The van der Waals surface area contributed by atoms with Gasteiger partial charge in [0.05, 0.1) is 6.61 Å². The molecule has 0 saturated heterocycles. The van der Waals surface area contributed by atoms with Gasteiger partial charge in [-0.1, -0.05) is 126 Å². The summed E-state index contributed by atoms with van der Waals surface area (Å²) in [6.07, 6.45) is 21.4. The van der Waals surface area contributed by atoms with Crippen LogP contribution in [0.4, 0.5) is 0 Å². The Hall–Kier alpha value is 0.0500. The Bertz CT molecular complexity index is 270. The van der Waals surface area contributed by atoms with E-state index in [2.05, 4.69) is 6.92 Å². The standard InChI is InChI=1S/C20H38Cl2O2/c1-2-3-4-5-6-7-8-9-10-11-12-13-14-15-16-17-18-24-20(23)19(21)22/h19H,2-18H2,1H3. The second-order valence-electron chi connectivity index (χ2n) is 6.77. The molecule has 0 fully saturated rings. The van der Waals surface area contributed by atoms with Crippen molar-refractivity contribution >= 4 is 29.2 Å². The fraction of sp³-hybridized carbons (Fsp3) is 0.950. The van der Waals surface area contributed by atoms with Crippen molar-refractivity contribution in [2.75, 3.05) is 6.61 Å². The van der Waals surface area contributed by atoms with Crippen molar-refractivity contribution in [2.45, 2.75) is 114 Å². The van der Waals surface area contributed by atoms with E-state index in [0.29, 0.717) is 6.61 Å². The topological polar surface area (TPSA) is 26.3 Å². The second kappa shape index (κ2) is 19.4. The Labute approximate surface area is 160 Å². The molecule has 0 aliphatic heterocycles. The number of hydrogen-bond donors (Lipinski definition) is 0. The van der Waals surface area contributed by atoms with Crippen LogP contribution in [0.1, 0.15) is 110 Å². The van der Waals surface area contributed by atoms with Gasteiger partial charge in [-0.3, -0.25) is 0 Å². The summed E-state index contributed by atoms with van der Waals surface area (Å²) >= 11 is 10.8. The molecular weight excluding hydrogens is 343 g/mol. The number of rotatable bonds is 18. The van der Waals surface area contributed by atoms with E-state index < -0.39 is 10.8 Å². The smallest absolute Gasteiger partial charge is 0.339 e.